The van der Waals surface area contributed by atoms with E-state index in [4.69, 9.17) is 9.26 Å². The zero-order valence-electron chi connectivity index (χ0n) is 4.67. The van der Waals surface area contributed by atoms with Gasteiger partial charge in [0, 0.05) is 0 Å². The van der Waals surface area contributed by atoms with Gasteiger partial charge in [-0.3, -0.25) is 0 Å². The maximum absolute atomic E-state index is 5.07. The molecule has 0 atom stereocenters. The van der Waals surface area contributed by atoms with Gasteiger partial charge in [0.25, 0.3) is 0 Å². The van der Waals surface area contributed by atoms with Gasteiger partial charge < -0.3 is 9.26 Å². The molecule has 0 aromatic rings. The number of hydrogen-bond donors (Lipinski definition) is 0. The van der Waals surface area contributed by atoms with Crippen molar-refractivity contribution < 1.29 is 9.26 Å². The summed E-state index contributed by atoms with van der Waals surface area (Å²) in [6.07, 6.45) is 2.24. The molecule has 0 saturated heterocycles. The van der Waals surface area contributed by atoms with Gasteiger partial charge in [-0.15, -0.1) is 0 Å². The van der Waals surface area contributed by atoms with E-state index in [1.54, 1.807) is 5.98 Å². The van der Waals surface area contributed by atoms with Crippen LogP contribution in [0.3, 0.4) is 0 Å². The third-order valence-electron chi connectivity index (χ3n) is 0.940. The van der Waals surface area contributed by atoms with Crippen LogP contribution in [0.25, 0.3) is 0 Å². The minimum absolute atomic E-state index is 0.857. The van der Waals surface area contributed by atoms with Gasteiger partial charge in [-0.05, 0) is 12.8 Å². The predicted octanol–water partition coefficient (Wildman–Crippen LogP) is 1.43. The number of ether oxygens (including phenoxy) is 1. The predicted molar refractivity (Wildman–Crippen MR) is 34.1 cm³/mol. The summed E-state index contributed by atoms with van der Waals surface area (Å²) >= 11 is 0. The van der Waals surface area contributed by atoms with Crippen LogP contribution in [0.15, 0.2) is 0 Å². The van der Waals surface area contributed by atoms with Crippen LogP contribution in [-0.2, 0) is 9.26 Å². The fraction of sp³-hybridized carbons (Fsp3) is 0.800. The maximum atomic E-state index is 5.07. The molecule has 0 fully saturated rings. The quantitative estimate of drug-likeness (QED) is 0.464. The first kappa shape index (κ1) is 6.21. The zero-order chi connectivity index (χ0) is 5.66. The van der Waals surface area contributed by atoms with E-state index in [-0.39, 0.29) is 0 Å². The van der Waals surface area contributed by atoms with Crippen LogP contribution in [0.4, 0.5) is 0 Å². The van der Waals surface area contributed by atoms with E-state index in [0.717, 1.165) is 34.5 Å². The van der Waals surface area contributed by atoms with Gasteiger partial charge in [0.1, 0.15) is 0 Å². The van der Waals surface area contributed by atoms with Crippen molar-refractivity contribution in [2.75, 3.05) is 13.2 Å². The fourth-order valence-corrected chi connectivity index (χ4v) is 0.980. The molecular weight excluding hydrogens is 123 g/mol. The third kappa shape index (κ3) is 2.41. The lowest BCUT2D eigenvalue weighted by Gasteiger charge is -2.01. The van der Waals surface area contributed by atoms with Crippen LogP contribution in [0.2, 0.25) is 0 Å². The van der Waals surface area contributed by atoms with E-state index >= 15 is 0 Å². The molecule has 1 rings (SSSR count). The molecule has 8 heavy (non-hydrogen) atoms. The highest BCUT2D eigenvalue weighted by Crippen LogP contribution is 2.03. The number of hydrogen-bond acceptors (Lipinski definition) is 2. The van der Waals surface area contributed by atoms with Crippen molar-refractivity contribution in [3.63, 3.8) is 0 Å². The fourth-order valence-electron chi connectivity index (χ4n) is 0.518. The Bertz CT molecular complexity index is 72.5. The van der Waals surface area contributed by atoms with E-state index in [1.807, 2.05) is 0 Å². The smallest absolute Gasteiger partial charge is 0.0895 e. The molecule has 1 aliphatic rings. The Morgan fingerprint density at radius 1 is 1.25 bits per heavy atom. The summed E-state index contributed by atoms with van der Waals surface area (Å²) in [5, 5.41) is 0. The summed E-state index contributed by atoms with van der Waals surface area (Å²) in [5.74, 6) is 1.69. The van der Waals surface area contributed by atoms with Crippen LogP contribution in [0, 0.1) is 0 Å². The van der Waals surface area contributed by atoms with Gasteiger partial charge >= 0.3 is 0 Å². The van der Waals surface area contributed by atoms with Crippen LogP contribution < -0.4 is 0 Å². The summed E-state index contributed by atoms with van der Waals surface area (Å²) in [6, 6.07) is 0. The molecule has 0 aliphatic carbocycles. The Kier molecular flexibility index (Phi) is 3.12. The first-order chi connectivity index (χ1) is 4.00. The second-order valence-corrected chi connectivity index (χ2v) is 2.30. The summed E-state index contributed by atoms with van der Waals surface area (Å²) in [4.78, 5) is 0. The monoisotopic (exact) mass is 132 g/mol. The van der Waals surface area contributed by atoms with Crippen molar-refractivity contribution in [3.05, 3.63) is 0 Å². The largest absolute Gasteiger partial charge is 0.347 e. The Balaban J connectivity index is 2.17. The molecule has 0 bridgehead atoms. The lowest BCUT2D eigenvalue weighted by atomic mass is 10.3. The van der Waals surface area contributed by atoms with Crippen molar-refractivity contribution in [3.8, 4) is 0 Å². The Morgan fingerprint density at radius 2 is 2.12 bits per heavy atom. The molecule has 0 N–H and O–H groups in total. The highest BCUT2D eigenvalue weighted by atomic mass is 31.1. The molecule has 2 nitrogen and oxygen atoms in total. The average molecular weight is 132 g/mol. The molecule has 1 heterocycles. The average Bonchev–Trinajstić information content (AvgIpc) is 1.62. The molecule has 0 amide bonds. The zero-order valence-corrected chi connectivity index (χ0v) is 5.56. The molecule has 3 heteroatoms. The van der Waals surface area contributed by atoms with Crippen molar-refractivity contribution in [1.29, 1.82) is 0 Å². The second kappa shape index (κ2) is 4.02. The molecule has 46 valence electrons. The lowest BCUT2D eigenvalue weighted by Crippen LogP contribution is -1.96. The molecule has 0 saturated carbocycles. The van der Waals surface area contributed by atoms with Crippen LogP contribution in [0.5, 0.6) is 0 Å². The van der Waals surface area contributed by atoms with Crippen molar-refractivity contribution in [1.82, 2.24) is 0 Å². The van der Waals surface area contributed by atoms with Crippen LogP contribution in [-0.4, -0.2) is 19.2 Å². The first-order valence-electron chi connectivity index (χ1n) is 2.75. The summed E-state index contributed by atoms with van der Waals surface area (Å²) in [6.45, 7) is 1.73. The van der Waals surface area contributed by atoms with E-state index in [1.165, 1.54) is 0 Å². The normalized spacial score (nSPS) is 24.0. The van der Waals surface area contributed by atoms with Crippen molar-refractivity contribution in [2.24, 2.45) is 0 Å². The van der Waals surface area contributed by atoms with Crippen LogP contribution in [0.1, 0.15) is 12.8 Å². The van der Waals surface area contributed by atoms with E-state index < -0.39 is 0 Å². The minimum atomic E-state index is 0.857. The van der Waals surface area contributed by atoms with Gasteiger partial charge in [0.2, 0.25) is 0 Å². The SMILES string of the molecule is C1=POCCCCO1. The molecule has 0 unspecified atom stereocenters. The highest BCUT2D eigenvalue weighted by molar-refractivity contribution is 7.32. The standard InChI is InChI=1S/C5H9O2P/c1-2-4-7-8-5-6-3-1/h5H,1-4H2. The molecule has 0 aromatic carbocycles. The van der Waals surface area contributed by atoms with Crippen molar-refractivity contribution in [2.45, 2.75) is 12.8 Å². The van der Waals surface area contributed by atoms with Crippen molar-refractivity contribution >= 4 is 14.4 Å². The summed E-state index contributed by atoms with van der Waals surface area (Å²) in [5.41, 5.74) is 0. The van der Waals surface area contributed by atoms with Crippen LogP contribution >= 0.6 is 8.43 Å². The number of rotatable bonds is 0. The first-order valence-corrected chi connectivity index (χ1v) is 3.64. The minimum Gasteiger partial charge on any atom is -0.347 e. The topological polar surface area (TPSA) is 18.5 Å². The Hall–Kier alpha value is 0.0900. The Morgan fingerprint density at radius 3 is 3.12 bits per heavy atom. The van der Waals surface area contributed by atoms with Gasteiger partial charge in [-0.25, -0.2) is 0 Å². The molecule has 0 aromatic heterocycles. The van der Waals surface area contributed by atoms with Gasteiger partial charge in [-0.1, -0.05) is 0 Å². The highest BCUT2D eigenvalue weighted by Gasteiger charge is 1.90. The maximum Gasteiger partial charge on any atom is 0.0895 e. The van der Waals surface area contributed by atoms with Gasteiger partial charge in [-0.2, -0.15) is 0 Å². The van der Waals surface area contributed by atoms with Gasteiger partial charge in [0.05, 0.1) is 27.6 Å². The lowest BCUT2D eigenvalue weighted by molar-refractivity contribution is 0.274. The summed E-state index contributed by atoms with van der Waals surface area (Å²) in [7, 11) is 0.862. The van der Waals surface area contributed by atoms with Gasteiger partial charge in [0.15, 0.2) is 0 Å². The molecule has 0 spiro atoms. The summed E-state index contributed by atoms with van der Waals surface area (Å²) < 4.78 is 10.1. The van der Waals surface area contributed by atoms with E-state index in [9.17, 15) is 0 Å². The Labute approximate surface area is 50.7 Å². The second-order valence-electron chi connectivity index (χ2n) is 1.62. The molecular formula is C5H9O2P. The third-order valence-corrected chi connectivity index (χ3v) is 1.51. The van der Waals surface area contributed by atoms with E-state index in [2.05, 4.69) is 0 Å². The van der Waals surface area contributed by atoms with E-state index in [0.29, 0.717) is 0 Å². The molecule has 0 radical (unpaired) electrons. The molecule has 1 aliphatic heterocycles.